The van der Waals surface area contributed by atoms with Crippen molar-refractivity contribution in [2.75, 3.05) is 6.54 Å². The number of aliphatic imine (C=N–C) groups is 1. The van der Waals surface area contributed by atoms with Gasteiger partial charge in [0.15, 0.2) is 22.6 Å². The molecule has 2 aliphatic rings. The summed E-state index contributed by atoms with van der Waals surface area (Å²) in [5.41, 5.74) is -0.389. The number of amides is 1. The van der Waals surface area contributed by atoms with Gasteiger partial charge in [-0.15, -0.1) is 0 Å². The maximum Gasteiger partial charge on any atom is 0.265 e. The average Bonchev–Trinajstić information content (AvgIpc) is 3.22. The highest BCUT2D eigenvalue weighted by molar-refractivity contribution is 8.18. The average molecular weight is 394 g/mol. The summed E-state index contributed by atoms with van der Waals surface area (Å²) in [6.07, 6.45) is 7.24. The van der Waals surface area contributed by atoms with Gasteiger partial charge < -0.3 is 10.2 Å². The highest BCUT2D eigenvalue weighted by atomic mass is 32.2. The van der Waals surface area contributed by atoms with Crippen LogP contribution < -0.4 is 15.1 Å². The summed E-state index contributed by atoms with van der Waals surface area (Å²) in [5, 5.41) is 3.52. The SMILES string of the molecule is O=C1NC(=Nc2ccc(F)c(F)c2F)SC1=CN1C=c2cnsc2=CC1. The van der Waals surface area contributed by atoms with Gasteiger partial charge in [-0.25, -0.2) is 18.2 Å². The quantitative estimate of drug-likeness (QED) is 0.623. The summed E-state index contributed by atoms with van der Waals surface area (Å²) in [6, 6.07) is 1.79. The predicted octanol–water partition coefficient (Wildman–Crippen LogP) is 1.79. The van der Waals surface area contributed by atoms with Crippen molar-refractivity contribution in [3.05, 3.63) is 56.6 Å². The van der Waals surface area contributed by atoms with Crippen LogP contribution in [0.4, 0.5) is 18.9 Å². The number of thioether (sulfide) groups is 1. The van der Waals surface area contributed by atoms with Crippen LogP contribution in [0.1, 0.15) is 0 Å². The lowest BCUT2D eigenvalue weighted by molar-refractivity contribution is -0.115. The molecule has 0 radical (unpaired) electrons. The normalized spacial score (nSPS) is 19.3. The third kappa shape index (κ3) is 3.13. The van der Waals surface area contributed by atoms with Gasteiger partial charge in [0.25, 0.3) is 5.91 Å². The first kappa shape index (κ1) is 16.9. The van der Waals surface area contributed by atoms with Crippen molar-refractivity contribution in [3.8, 4) is 0 Å². The Kier molecular flexibility index (Phi) is 4.29. The minimum atomic E-state index is -1.60. The molecule has 1 aromatic carbocycles. The number of hydrogen-bond donors (Lipinski definition) is 1. The fraction of sp³-hybridized carbons (Fsp3) is 0.0625. The molecule has 2 aliphatic heterocycles. The number of halogens is 3. The van der Waals surface area contributed by atoms with Gasteiger partial charge in [-0.1, -0.05) is 0 Å². The molecule has 132 valence electrons. The lowest BCUT2D eigenvalue weighted by Gasteiger charge is -2.15. The molecule has 26 heavy (non-hydrogen) atoms. The van der Waals surface area contributed by atoms with Crippen molar-refractivity contribution < 1.29 is 18.0 Å². The Morgan fingerprint density at radius 2 is 2.12 bits per heavy atom. The van der Waals surface area contributed by atoms with E-state index in [4.69, 9.17) is 0 Å². The van der Waals surface area contributed by atoms with E-state index in [0.717, 1.165) is 33.6 Å². The number of benzene rings is 1. The van der Waals surface area contributed by atoms with Crippen LogP contribution in [0.15, 0.2) is 34.4 Å². The molecule has 1 N–H and O–H groups in total. The Morgan fingerprint density at radius 3 is 2.96 bits per heavy atom. The summed E-state index contributed by atoms with van der Waals surface area (Å²) in [4.78, 5) is 18.1. The van der Waals surface area contributed by atoms with E-state index in [2.05, 4.69) is 14.7 Å². The molecular weight excluding hydrogens is 385 g/mol. The molecule has 0 spiro atoms. The molecule has 2 aromatic rings. The molecule has 1 aromatic heterocycles. The van der Waals surface area contributed by atoms with E-state index in [-0.39, 0.29) is 10.9 Å². The number of carbonyl (C=O) groups is 1. The van der Waals surface area contributed by atoms with Gasteiger partial charge >= 0.3 is 0 Å². The molecule has 10 heteroatoms. The summed E-state index contributed by atoms with van der Waals surface area (Å²) in [6.45, 7) is 0.580. The highest BCUT2D eigenvalue weighted by Gasteiger charge is 2.25. The Morgan fingerprint density at radius 1 is 1.27 bits per heavy atom. The lowest BCUT2D eigenvalue weighted by Crippen LogP contribution is -2.29. The van der Waals surface area contributed by atoms with Crippen molar-refractivity contribution in [2.24, 2.45) is 4.99 Å². The van der Waals surface area contributed by atoms with Crippen molar-refractivity contribution in [1.29, 1.82) is 0 Å². The molecule has 0 unspecified atom stereocenters. The lowest BCUT2D eigenvalue weighted by atomic mass is 10.3. The molecule has 3 heterocycles. The Bertz CT molecular complexity index is 1090. The van der Waals surface area contributed by atoms with Crippen LogP contribution in [-0.2, 0) is 4.79 Å². The van der Waals surface area contributed by atoms with Gasteiger partial charge in [0.05, 0.1) is 9.44 Å². The first-order chi connectivity index (χ1) is 12.5. The molecule has 0 atom stereocenters. The monoisotopic (exact) mass is 394 g/mol. The highest BCUT2D eigenvalue weighted by Crippen LogP contribution is 2.29. The number of hydrogen-bond acceptors (Lipinski definition) is 6. The molecular formula is C16H9F3N4OS2. The van der Waals surface area contributed by atoms with Crippen LogP contribution in [-0.4, -0.2) is 26.9 Å². The predicted molar refractivity (Wildman–Crippen MR) is 94.2 cm³/mol. The number of nitrogens with zero attached hydrogens (tertiary/aromatic N) is 3. The standard InChI is InChI=1S/C16H9F3N4OS2/c17-9-1-2-10(14(19)13(9)18)21-16-22-15(24)12(25-16)7-23-4-3-11-8(6-23)5-20-26-11/h1-3,5-7H,4H2,(H,21,22,24). The number of nitrogens with one attached hydrogen (secondary N) is 1. The van der Waals surface area contributed by atoms with Gasteiger partial charge in [0, 0.05) is 30.4 Å². The number of carbonyl (C=O) groups excluding carboxylic acids is 1. The van der Waals surface area contributed by atoms with Crippen LogP contribution >= 0.6 is 23.3 Å². The molecule has 5 nitrogen and oxygen atoms in total. The molecule has 0 aliphatic carbocycles. The zero-order chi connectivity index (χ0) is 18.3. The van der Waals surface area contributed by atoms with E-state index in [0.29, 0.717) is 11.4 Å². The van der Waals surface area contributed by atoms with Crippen LogP contribution in [0, 0.1) is 17.5 Å². The summed E-state index contributed by atoms with van der Waals surface area (Å²) in [7, 11) is 0. The van der Waals surface area contributed by atoms with Crippen molar-refractivity contribution in [2.45, 2.75) is 0 Å². The summed E-state index contributed by atoms with van der Waals surface area (Å²) in [5.74, 6) is -4.70. The van der Waals surface area contributed by atoms with Gasteiger partial charge in [-0.3, -0.25) is 4.79 Å². The van der Waals surface area contributed by atoms with Crippen LogP contribution in [0.25, 0.3) is 12.3 Å². The summed E-state index contributed by atoms with van der Waals surface area (Å²) >= 11 is 2.38. The van der Waals surface area contributed by atoms with E-state index >= 15 is 0 Å². The number of aromatic nitrogens is 1. The largest absolute Gasteiger partial charge is 0.348 e. The van der Waals surface area contributed by atoms with E-state index in [9.17, 15) is 18.0 Å². The molecule has 4 rings (SSSR count). The molecule has 1 fully saturated rings. The smallest absolute Gasteiger partial charge is 0.265 e. The fourth-order valence-electron chi connectivity index (χ4n) is 2.35. The van der Waals surface area contributed by atoms with Crippen molar-refractivity contribution in [1.82, 2.24) is 14.6 Å². The van der Waals surface area contributed by atoms with Crippen LogP contribution in [0.5, 0.6) is 0 Å². The summed E-state index contributed by atoms with van der Waals surface area (Å²) < 4.78 is 45.1. The zero-order valence-corrected chi connectivity index (χ0v) is 14.5. The van der Waals surface area contributed by atoms with E-state index in [1.54, 1.807) is 12.4 Å². The Hall–Kier alpha value is -2.59. The van der Waals surface area contributed by atoms with Crippen molar-refractivity contribution >= 4 is 52.3 Å². The second-order valence-corrected chi connectivity index (χ2v) is 7.20. The second-order valence-electron chi connectivity index (χ2n) is 5.34. The zero-order valence-electron chi connectivity index (χ0n) is 12.9. The van der Waals surface area contributed by atoms with Crippen LogP contribution in [0.2, 0.25) is 0 Å². The topological polar surface area (TPSA) is 57.6 Å². The first-order valence-corrected chi connectivity index (χ1v) is 8.92. The second kappa shape index (κ2) is 6.61. The Balaban J connectivity index is 1.59. The van der Waals surface area contributed by atoms with Gasteiger partial charge in [-0.2, -0.15) is 4.37 Å². The maximum atomic E-state index is 13.7. The molecule has 0 bridgehead atoms. The minimum Gasteiger partial charge on any atom is -0.348 e. The number of rotatable bonds is 2. The molecule has 0 saturated carbocycles. The minimum absolute atomic E-state index is 0.0880. The van der Waals surface area contributed by atoms with Gasteiger partial charge in [-0.05, 0) is 41.5 Å². The van der Waals surface area contributed by atoms with E-state index in [1.807, 2.05) is 17.2 Å². The fourth-order valence-corrected chi connectivity index (χ4v) is 3.82. The third-order valence-corrected chi connectivity index (χ3v) is 5.30. The Labute approximate surface area is 153 Å². The van der Waals surface area contributed by atoms with E-state index in [1.165, 1.54) is 11.5 Å². The van der Waals surface area contributed by atoms with Gasteiger partial charge in [0.1, 0.15) is 5.69 Å². The van der Waals surface area contributed by atoms with Crippen molar-refractivity contribution in [3.63, 3.8) is 0 Å². The van der Waals surface area contributed by atoms with Gasteiger partial charge in [0.2, 0.25) is 0 Å². The number of fused-ring (bicyclic) bond motifs is 1. The van der Waals surface area contributed by atoms with Crippen LogP contribution in [0.3, 0.4) is 0 Å². The first-order valence-electron chi connectivity index (χ1n) is 7.33. The van der Waals surface area contributed by atoms with E-state index < -0.39 is 23.4 Å². The molecule has 1 amide bonds. The molecule has 1 saturated heterocycles. The third-order valence-electron chi connectivity index (χ3n) is 3.59. The number of amidine groups is 1. The maximum absolute atomic E-state index is 13.7.